The smallest absolute Gasteiger partial charge is 0.328 e. The van der Waals surface area contributed by atoms with Crippen molar-refractivity contribution in [3.05, 3.63) is 59.0 Å². The van der Waals surface area contributed by atoms with E-state index >= 15 is 4.39 Å². The lowest BCUT2D eigenvalue weighted by Gasteiger charge is -2.42. The fourth-order valence-corrected chi connectivity index (χ4v) is 6.47. The zero-order valence-corrected chi connectivity index (χ0v) is 22.7. The lowest BCUT2D eigenvalue weighted by molar-refractivity contribution is -0.133. The Labute approximate surface area is 230 Å². The zero-order chi connectivity index (χ0) is 28.3. The fraction of sp³-hybridized carbons (Fsp3) is 0.414. The molecule has 0 bridgehead atoms. The molecule has 2 saturated heterocycles. The van der Waals surface area contributed by atoms with Gasteiger partial charge in [0.05, 0.1) is 7.11 Å². The summed E-state index contributed by atoms with van der Waals surface area (Å²) >= 11 is 0. The Balaban J connectivity index is 1.38. The number of phenolic OH excluding ortho intramolecular Hbond substituents is 1. The Morgan fingerprint density at radius 1 is 1.15 bits per heavy atom. The topological polar surface area (TPSA) is 109 Å². The predicted molar refractivity (Wildman–Crippen MR) is 145 cm³/mol. The van der Waals surface area contributed by atoms with Crippen LogP contribution in [-0.4, -0.2) is 99.5 Å². The summed E-state index contributed by atoms with van der Waals surface area (Å²) in [6.07, 6.45) is 0.125. The van der Waals surface area contributed by atoms with Gasteiger partial charge >= 0.3 is 6.03 Å². The van der Waals surface area contributed by atoms with E-state index in [0.717, 1.165) is 0 Å². The number of phenols is 1. The van der Waals surface area contributed by atoms with E-state index in [9.17, 15) is 19.5 Å². The summed E-state index contributed by atoms with van der Waals surface area (Å²) in [6, 6.07) is 8.67. The lowest BCUT2D eigenvalue weighted by Crippen LogP contribution is -2.53. The summed E-state index contributed by atoms with van der Waals surface area (Å²) in [7, 11) is 1.40. The first-order valence-corrected chi connectivity index (χ1v) is 13.4. The fourth-order valence-electron chi connectivity index (χ4n) is 6.47. The van der Waals surface area contributed by atoms with Gasteiger partial charge in [-0.25, -0.2) is 9.18 Å². The maximum atomic E-state index is 15.6. The molecule has 3 aromatic rings. The monoisotopic (exact) mass is 549 g/mol. The van der Waals surface area contributed by atoms with Gasteiger partial charge in [0.1, 0.15) is 17.3 Å². The number of carbonyl (C=O) groups is 3. The average Bonchev–Trinajstić information content (AvgIpc) is 3.38. The van der Waals surface area contributed by atoms with Crippen LogP contribution in [0.4, 0.5) is 9.18 Å². The summed E-state index contributed by atoms with van der Waals surface area (Å²) < 4.78 is 20.8. The Bertz CT molecular complexity index is 1530. The predicted octanol–water partition coefficient (Wildman–Crippen LogP) is 2.85. The number of aromatic nitrogens is 1. The molecule has 6 rings (SSSR count). The summed E-state index contributed by atoms with van der Waals surface area (Å²) in [4.78, 5) is 49.8. The molecule has 210 valence electrons. The highest BCUT2D eigenvalue weighted by molar-refractivity contribution is 6.08. The molecule has 1 aromatic heterocycles. The van der Waals surface area contributed by atoms with Gasteiger partial charge in [-0.3, -0.25) is 24.3 Å². The Morgan fingerprint density at radius 3 is 2.58 bits per heavy atom. The number of fused-ring (bicyclic) bond motifs is 4. The van der Waals surface area contributed by atoms with Crippen molar-refractivity contribution in [3.8, 4) is 11.5 Å². The van der Waals surface area contributed by atoms with Crippen molar-refractivity contribution < 1.29 is 28.6 Å². The van der Waals surface area contributed by atoms with Crippen LogP contribution >= 0.6 is 0 Å². The summed E-state index contributed by atoms with van der Waals surface area (Å²) in [5.41, 5.74) is 1.10. The summed E-state index contributed by atoms with van der Waals surface area (Å²) in [5, 5.41) is 10.6. The van der Waals surface area contributed by atoms with Gasteiger partial charge in [-0.1, -0.05) is 12.1 Å². The molecule has 0 spiro atoms. The van der Waals surface area contributed by atoms with Crippen molar-refractivity contribution in [2.24, 2.45) is 0 Å². The molecule has 10 nitrogen and oxygen atoms in total. The molecule has 2 N–H and O–H groups in total. The minimum atomic E-state index is -1.27. The summed E-state index contributed by atoms with van der Waals surface area (Å²) in [6.45, 7) is 6.53. The molecule has 3 aliphatic rings. The molecule has 2 unspecified atom stereocenters. The second-order valence-corrected chi connectivity index (χ2v) is 10.9. The van der Waals surface area contributed by atoms with Crippen molar-refractivity contribution in [1.82, 2.24) is 24.6 Å². The van der Waals surface area contributed by atoms with Crippen LogP contribution in [0.1, 0.15) is 36.7 Å². The number of halogens is 1. The molecule has 40 heavy (non-hydrogen) atoms. The molecule has 3 aliphatic heterocycles. The van der Waals surface area contributed by atoms with Crippen molar-refractivity contribution in [2.75, 3.05) is 46.4 Å². The Kier molecular flexibility index (Phi) is 6.21. The van der Waals surface area contributed by atoms with Gasteiger partial charge in [-0.15, -0.1) is 0 Å². The van der Waals surface area contributed by atoms with E-state index in [2.05, 4.69) is 9.88 Å². The third-order valence-electron chi connectivity index (χ3n) is 8.59. The second kappa shape index (κ2) is 9.51. The molecule has 11 heteroatoms. The minimum absolute atomic E-state index is 0.0230. The number of methoxy groups -OCH3 is 1. The van der Waals surface area contributed by atoms with Crippen LogP contribution in [0.5, 0.6) is 11.5 Å². The number of piperazine rings is 1. The first kappa shape index (κ1) is 26.1. The van der Waals surface area contributed by atoms with Gasteiger partial charge in [0.15, 0.2) is 11.6 Å². The molecule has 0 aliphatic carbocycles. The highest BCUT2D eigenvalue weighted by Gasteiger charge is 2.60. The van der Waals surface area contributed by atoms with E-state index in [0.29, 0.717) is 60.4 Å². The highest BCUT2D eigenvalue weighted by Crippen LogP contribution is 2.49. The first-order chi connectivity index (χ1) is 19.1. The van der Waals surface area contributed by atoms with E-state index in [-0.39, 0.29) is 36.3 Å². The number of aromatic amines is 1. The van der Waals surface area contributed by atoms with E-state index in [1.165, 1.54) is 18.1 Å². The van der Waals surface area contributed by atoms with Gasteiger partial charge in [0.25, 0.3) is 5.91 Å². The largest absolute Gasteiger partial charge is 0.508 e. The van der Waals surface area contributed by atoms with Gasteiger partial charge in [0.2, 0.25) is 5.91 Å². The first-order valence-electron chi connectivity index (χ1n) is 13.4. The zero-order valence-electron chi connectivity index (χ0n) is 22.7. The van der Waals surface area contributed by atoms with E-state index in [1.54, 1.807) is 54.0 Å². The van der Waals surface area contributed by atoms with Crippen molar-refractivity contribution >= 4 is 28.7 Å². The van der Waals surface area contributed by atoms with Gasteiger partial charge in [0, 0.05) is 69.2 Å². The van der Waals surface area contributed by atoms with Crippen LogP contribution in [0.3, 0.4) is 0 Å². The van der Waals surface area contributed by atoms with Crippen LogP contribution in [0.15, 0.2) is 36.4 Å². The number of hydrogen-bond donors (Lipinski definition) is 2. The number of aromatic hydroxyl groups is 1. The molecule has 0 saturated carbocycles. The van der Waals surface area contributed by atoms with Crippen LogP contribution in [0.25, 0.3) is 10.9 Å². The highest BCUT2D eigenvalue weighted by atomic mass is 19.1. The molecule has 2 aromatic carbocycles. The van der Waals surface area contributed by atoms with Crippen molar-refractivity contribution in [1.29, 1.82) is 0 Å². The van der Waals surface area contributed by atoms with Gasteiger partial charge in [-0.2, -0.15) is 0 Å². The number of hydrogen-bond acceptors (Lipinski definition) is 6. The number of nitrogens with one attached hydrogen (secondary N) is 1. The van der Waals surface area contributed by atoms with Gasteiger partial charge in [-0.05, 0) is 42.3 Å². The number of H-pyrrole nitrogens is 1. The van der Waals surface area contributed by atoms with Crippen LogP contribution in [0.2, 0.25) is 0 Å². The number of urea groups is 1. The van der Waals surface area contributed by atoms with E-state index < -0.39 is 23.4 Å². The number of ether oxygens (including phenoxy) is 1. The summed E-state index contributed by atoms with van der Waals surface area (Å²) in [5.74, 6) is -0.709. The second-order valence-electron chi connectivity index (χ2n) is 10.9. The normalized spacial score (nSPS) is 23.1. The SMILES string of the molecule is COc1ccc2[nH]c3c(c2c1F)CC1(C)C(=O)N(CCN2CCN(C(C)=O)CC2)C(=O)N1C3c1cccc(O)c1. The standard InChI is InChI=1S/C29H32FN5O5/c1-17(36)33-12-9-32(10-13-33)11-14-34-27(38)29(2)16-20-23-21(7-8-22(40-3)24(23)30)31-25(20)26(35(29)28(34)39)18-5-4-6-19(37)15-18/h4-8,15,26,31,37H,9-14,16H2,1-3H3. The molecular formula is C29H32FN5O5. The van der Waals surface area contributed by atoms with Gasteiger partial charge < -0.3 is 19.7 Å². The lowest BCUT2D eigenvalue weighted by atomic mass is 9.81. The quantitative estimate of drug-likeness (QED) is 0.474. The minimum Gasteiger partial charge on any atom is -0.508 e. The molecular weight excluding hydrogens is 517 g/mol. The van der Waals surface area contributed by atoms with Crippen LogP contribution in [-0.2, 0) is 16.0 Å². The van der Waals surface area contributed by atoms with E-state index in [4.69, 9.17) is 4.74 Å². The van der Waals surface area contributed by atoms with Crippen molar-refractivity contribution in [3.63, 3.8) is 0 Å². The molecule has 2 fully saturated rings. The Hall–Kier alpha value is -4.12. The Morgan fingerprint density at radius 2 is 1.90 bits per heavy atom. The molecule has 4 heterocycles. The number of rotatable bonds is 5. The third-order valence-corrected chi connectivity index (χ3v) is 8.59. The third kappa shape index (κ3) is 3.90. The van der Waals surface area contributed by atoms with Crippen molar-refractivity contribution in [2.45, 2.75) is 31.8 Å². The maximum Gasteiger partial charge on any atom is 0.328 e. The molecule has 2 atom stereocenters. The van der Waals surface area contributed by atoms with Crippen LogP contribution < -0.4 is 4.74 Å². The van der Waals surface area contributed by atoms with Crippen LogP contribution in [0, 0.1) is 5.82 Å². The molecule has 0 radical (unpaired) electrons. The average molecular weight is 550 g/mol. The maximum absolute atomic E-state index is 15.6. The number of imide groups is 1. The number of nitrogens with zero attached hydrogens (tertiary/aromatic N) is 4. The molecule has 4 amide bonds. The van der Waals surface area contributed by atoms with E-state index in [1.807, 2.05) is 0 Å². The number of amides is 4. The number of carbonyl (C=O) groups excluding carboxylic acids is 3. The number of benzene rings is 2.